The summed E-state index contributed by atoms with van der Waals surface area (Å²) >= 11 is 0. The molecule has 4 rings (SSSR count). The summed E-state index contributed by atoms with van der Waals surface area (Å²) in [6.45, 7) is 0. The van der Waals surface area contributed by atoms with Crippen molar-refractivity contribution in [3.63, 3.8) is 0 Å². The first-order chi connectivity index (χ1) is 14.2. The normalized spacial score (nSPS) is 15.3. The highest BCUT2D eigenvalue weighted by Crippen LogP contribution is 2.39. The molecular formula is C23H22N2O4. The number of hydrogen-bond acceptors (Lipinski definition) is 5. The van der Waals surface area contributed by atoms with E-state index in [1.807, 2.05) is 66.7 Å². The first kappa shape index (κ1) is 18.7. The van der Waals surface area contributed by atoms with Gasteiger partial charge >= 0.3 is 0 Å². The fourth-order valence-corrected chi connectivity index (χ4v) is 3.52. The monoisotopic (exact) mass is 390 g/mol. The molecule has 0 bridgehead atoms. The van der Waals surface area contributed by atoms with Gasteiger partial charge in [-0.3, -0.25) is 9.69 Å². The van der Waals surface area contributed by atoms with Gasteiger partial charge in [0.05, 0.1) is 26.9 Å². The molecule has 0 spiro atoms. The van der Waals surface area contributed by atoms with Gasteiger partial charge < -0.3 is 19.5 Å². The molecule has 1 atom stereocenters. The zero-order valence-corrected chi connectivity index (χ0v) is 16.5. The lowest BCUT2D eigenvalue weighted by Crippen LogP contribution is -2.43. The number of methoxy groups -OCH3 is 3. The van der Waals surface area contributed by atoms with Crippen LogP contribution in [0.1, 0.15) is 22.1 Å². The zero-order valence-electron chi connectivity index (χ0n) is 16.5. The third kappa shape index (κ3) is 3.33. The number of benzene rings is 3. The number of fused-ring (bicyclic) bond motifs is 1. The molecule has 3 aromatic carbocycles. The first-order valence-corrected chi connectivity index (χ1v) is 9.21. The summed E-state index contributed by atoms with van der Waals surface area (Å²) in [5.74, 6) is 1.89. The summed E-state index contributed by atoms with van der Waals surface area (Å²) in [6, 6.07) is 20.6. The molecule has 0 aliphatic carbocycles. The Balaban J connectivity index is 1.83. The van der Waals surface area contributed by atoms with Crippen LogP contribution < -0.4 is 24.4 Å². The second kappa shape index (κ2) is 7.75. The van der Waals surface area contributed by atoms with E-state index in [2.05, 4.69) is 5.32 Å². The van der Waals surface area contributed by atoms with Gasteiger partial charge in [0.1, 0.15) is 11.9 Å². The smallest absolute Gasteiger partial charge is 0.262 e. The maximum atomic E-state index is 13.4. The van der Waals surface area contributed by atoms with Crippen LogP contribution in [0.3, 0.4) is 0 Å². The lowest BCUT2D eigenvalue weighted by molar-refractivity contribution is 0.0975. The van der Waals surface area contributed by atoms with Crippen molar-refractivity contribution < 1.29 is 19.0 Å². The van der Waals surface area contributed by atoms with E-state index in [9.17, 15) is 4.79 Å². The number of ether oxygens (including phenoxy) is 3. The van der Waals surface area contributed by atoms with Gasteiger partial charge in [0.15, 0.2) is 11.5 Å². The van der Waals surface area contributed by atoms with Crippen molar-refractivity contribution >= 4 is 17.3 Å². The molecule has 6 heteroatoms. The molecular weight excluding hydrogens is 368 g/mol. The minimum absolute atomic E-state index is 0.0794. The molecule has 1 heterocycles. The van der Waals surface area contributed by atoms with Crippen LogP contribution in [0.15, 0.2) is 66.7 Å². The summed E-state index contributed by atoms with van der Waals surface area (Å²) in [6.07, 6.45) is -0.411. The summed E-state index contributed by atoms with van der Waals surface area (Å²) < 4.78 is 16.1. The Labute approximate surface area is 169 Å². The van der Waals surface area contributed by atoms with Crippen LogP contribution in [0.25, 0.3) is 0 Å². The van der Waals surface area contributed by atoms with Gasteiger partial charge in [0, 0.05) is 11.4 Å². The molecule has 0 saturated heterocycles. The quantitative estimate of drug-likeness (QED) is 0.696. The maximum absolute atomic E-state index is 13.4. The van der Waals surface area contributed by atoms with Crippen molar-refractivity contribution in [2.45, 2.75) is 6.17 Å². The minimum Gasteiger partial charge on any atom is -0.497 e. The molecule has 0 saturated carbocycles. The second-order valence-corrected chi connectivity index (χ2v) is 6.58. The summed E-state index contributed by atoms with van der Waals surface area (Å²) in [7, 11) is 4.81. The van der Waals surface area contributed by atoms with Gasteiger partial charge in [-0.15, -0.1) is 0 Å². The van der Waals surface area contributed by atoms with Crippen molar-refractivity contribution in [1.29, 1.82) is 0 Å². The molecule has 1 N–H and O–H groups in total. The molecule has 0 aromatic heterocycles. The van der Waals surface area contributed by atoms with Crippen molar-refractivity contribution in [1.82, 2.24) is 0 Å². The zero-order chi connectivity index (χ0) is 20.4. The van der Waals surface area contributed by atoms with Gasteiger partial charge in [-0.2, -0.15) is 0 Å². The van der Waals surface area contributed by atoms with Crippen molar-refractivity contribution in [2.75, 3.05) is 31.5 Å². The van der Waals surface area contributed by atoms with E-state index in [1.165, 1.54) is 0 Å². The van der Waals surface area contributed by atoms with Crippen molar-refractivity contribution in [2.24, 2.45) is 0 Å². The van der Waals surface area contributed by atoms with E-state index in [-0.39, 0.29) is 5.91 Å². The van der Waals surface area contributed by atoms with Crippen LogP contribution in [-0.4, -0.2) is 27.2 Å². The Hall–Kier alpha value is -3.67. The fraction of sp³-hybridized carbons (Fsp3) is 0.174. The highest BCUT2D eigenvalue weighted by Gasteiger charge is 2.34. The Bertz CT molecular complexity index is 1030. The van der Waals surface area contributed by atoms with E-state index in [1.54, 1.807) is 26.2 Å². The van der Waals surface area contributed by atoms with Gasteiger partial charge in [0.2, 0.25) is 0 Å². The van der Waals surface area contributed by atoms with Gasteiger partial charge in [0.25, 0.3) is 5.91 Å². The summed E-state index contributed by atoms with van der Waals surface area (Å²) in [5, 5.41) is 3.49. The number of para-hydroxylation sites is 1. The maximum Gasteiger partial charge on any atom is 0.262 e. The Morgan fingerprint density at radius 2 is 1.55 bits per heavy atom. The van der Waals surface area contributed by atoms with Crippen molar-refractivity contribution in [3.05, 3.63) is 77.9 Å². The highest BCUT2D eigenvalue weighted by atomic mass is 16.5. The molecule has 1 unspecified atom stereocenters. The Kier molecular flexibility index (Phi) is 4.99. The van der Waals surface area contributed by atoms with Crippen LogP contribution >= 0.6 is 0 Å². The third-order valence-corrected chi connectivity index (χ3v) is 5.00. The van der Waals surface area contributed by atoms with Crippen LogP contribution in [0.2, 0.25) is 0 Å². The van der Waals surface area contributed by atoms with Crippen LogP contribution in [0, 0.1) is 0 Å². The molecule has 148 valence electrons. The molecule has 1 amide bonds. The number of nitrogens with one attached hydrogen (secondary N) is 1. The topological polar surface area (TPSA) is 60.0 Å². The fourth-order valence-electron chi connectivity index (χ4n) is 3.52. The second-order valence-electron chi connectivity index (χ2n) is 6.58. The standard InChI is InChI=1S/C23H22N2O4/c1-27-17-11-9-16(10-12-17)25-22(15-8-13-20(28-2)21(14-15)29-3)24-19-7-5-4-6-18(19)23(25)26/h4-14,22,24H,1-3H3. The molecule has 29 heavy (non-hydrogen) atoms. The first-order valence-electron chi connectivity index (χ1n) is 9.21. The van der Waals surface area contributed by atoms with Crippen LogP contribution in [0.5, 0.6) is 17.2 Å². The predicted octanol–water partition coefficient (Wildman–Crippen LogP) is 4.48. The minimum atomic E-state index is -0.411. The summed E-state index contributed by atoms with van der Waals surface area (Å²) in [4.78, 5) is 15.2. The van der Waals surface area contributed by atoms with E-state index in [0.717, 1.165) is 22.7 Å². The molecule has 1 aliphatic heterocycles. The SMILES string of the molecule is COc1ccc(N2C(=O)c3ccccc3NC2c2ccc(OC)c(OC)c2)cc1. The lowest BCUT2D eigenvalue weighted by atomic mass is 10.0. The average Bonchev–Trinajstić information content (AvgIpc) is 2.78. The molecule has 0 fully saturated rings. The van der Waals surface area contributed by atoms with Crippen LogP contribution in [-0.2, 0) is 0 Å². The largest absolute Gasteiger partial charge is 0.497 e. The van der Waals surface area contributed by atoms with E-state index >= 15 is 0 Å². The number of amides is 1. The molecule has 0 radical (unpaired) electrons. The van der Waals surface area contributed by atoms with Gasteiger partial charge in [-0.05, 0) is 54.1 Å². The number of hydrogen-bond donors (Lipinski definition) is 1. The molecule has 3 aromatic rings. The Morgan fingerprint density at radius 3 is 2.24 bits per heavy atom. The number of anilines is 2. The molecule has 1 aliphatic rings. The predicted molar refractivity (Wildman–Crippen MR) is 112 cm³/mol. The number of rotatable bonds is 5. The van der Waals surface area contributed by atoms with Gasteiger partial charge in [-0.1, -0.05) is 18.2 Å². The highest BCUT2D eigenvalue weighted by molar-refractivity contribution is 6.12. The van der Waals surface area contributed by atoms with Gasteiger partial charge in [-0.25, -0.2) is 0 Å². The average molecular weight is 390 g/mol. The third-order valence-electron chi connectivity index (χ3n) is 5.00. The van der Waals surface area contributed by atoms with E-state index in [0.29, 0.717) is 17.1 Å². The Morgan fingerprint density at radius 1 is 0.828 bits per heavy atom. The number of carbonyl (C=O) groups is 1. The lowest BCUT2D eigenvalue weighted by Gasteiger charge is -2.38. The van der Waals surface area contributed by atoms with E-state index in [4.69, 9.17) is 14.2 Å². The number of carbonyl (C=O) groups excluding carboxylic acids is 1. The van der Waals surface area contributed by atoms with E-state index < -0.39 is 6.17 Å². The number of nitrogens with zero attached hydrogens (tertiary/aromatic N) is 1. The molecule has 6 nitrogen and oxygen atoms in total. The van der Waals surface area contributed by atoms with Crippen LogP contribution in [0.4, 0.5) is 11.4 Å². The van der Waals surface area contributed by atoms with Crippen molar-refractivity contribution in [3.8, 4) is 17.2 Å². The summed E-state index contributed by atoms with van der Waals surface area (Å²) in [5.41, 5.74) is 3.06.